The van der Waals surface area contributed by atoms with Gasteiger partial charge in [-0.1, -0.05) is 103 Å². The topological polar surface area (TPSA) is 26.0 Å². The second-order valence-electron chi connectivity index (χ2n) is 14.1. The summed E-state index contributed by atoms with van der Waals surface area (Å²) in [5.41, 5.74) is 5.65. The molecule has 0 saturated carbocycles. The number of hydrogen-bond donors (Lipinski definition) is 0. The van der Waals surface area contributed by atoms with Gasteiger partial charge in [0.15, 0.2) is 0 Å². The van der Waals surface area contributed by atoms with Crippen molar-refractivity contribution in [2.75, 3.05) is 0 Å². The van der Waals surface area contributed by atoms with Gasteiger partial charge in [0.2, 0.25) is 0 Å². The molecule has 0 unspecified atom stereocenters. The van der Waals surface area contributed by atoms with E-state index in [1.807, 2.05) is 6.07 Å². The van der Waals surface area contributed by atoms with Crippen LogP contribution in [0.4, 0.5) is 0 Å². The quantitative estimate of drug-likeness (QED) is 0.216. The zero-order chi connectivity index (χ0) is 26.7. The molecule has 6 heteroatoms. The van der Waals surface area contributed by atoms with E-state index >= 15 is 0 Å². The minimum atomic E-state index is -1.76. The van der Waals surface area contributed by atoms with Crippen molar-refractivity contribution in [1.29, 1.82) is 0 Å². The Balaban J connectivity index is 2.04. The molecule has 0 aliphatic heterocycles. The van der Waals surface area contributed by atoms with Gasteiger partial charge in [-0.05, 0) is 41.3 Å². The first-order valence-electron chi connectivity index (χ1n) is 13.5. The summed E-state index contributed by atoms with van der Waals surface area (Å²) in [5.74, 6) is 0.609. The summed E-state index contributed by atoms with van der Waals surface area (Å²) in [6.45, 7) is 27.1. The molecule has 4 aromatic rings. The van der Waals surface area contributed by atoms with Gasteiger partial charge in [-0.15, -0.1) is 0 Å². The molecule has 0 radical (unpaired) electrons. The van der Waals surface area contributed by atoms with Gasteiger partial charge in [-0.2, -0.15) is 0 Å². The molecule has 2 nitrogen and oxygen atoms in total. The molecular weight excluding hydrogens is 503 g/mol. The average molecular weight is 548 g/mol. The lowest BCUT2D eigenvalue weighted by molar-refractivity contribution is 0.649. The molecule has 0 aliphatic carbocycles. The van der Waals surface area contributed by atoms with Crippen molar-refractivity contribution in [3.05, 3.63) is 60.3 Å². The minimum absolute atomic E-state index is 0.609. The van der Waals surface area contributed by atoms with E-state index in [0.29, 0.717) is 5.92 Å². The summed E-state index contributed by atoms with van der Waals surface area (Å²) in [7, 11) is -4.47. The van der Waals surface area contributed by atoms with Crippen LogP contribution in [0, 0.1) is 5.92 Å². The first kappa shape index (κ1) is 27.3. The molecule has 0 bridgehead atoms. The van der Waals surface area contributed by atoms with Crippen molar-refractivity contribution in [2.45, 2.75) is 79.2 Å². The van der Waals surface area contributed by atoms with Crippen LogP contribution in [0.3, 0.4) is 0 Å². The molecule has 2 aromatic heterocycles. The van der Waals surface area contributed by atoms with E-state index in [4.69, 9.17) is 9.40 Å². The zero-order valence-corrected chi connectivity index (χ0v) is 28.3. The Morgan fingerprint density at radius 2 is 1.33 bits per heavy atom. The van der Waals surface area contributed by atoms with Gasteiger partial charge >= 0.3 is 0 Å². The Morgan fingerprint density at radius 3 is 1.92 bits per heavy atom. The van der Waals surface area contributed by atoms with Crippen LogP contribution in [0.5, 0.6) is 0 Å². The molecule has 0 atom stereocenters. The molecule has 36 heavy (non-hydrogen) atoms. The van der Waals surface area contributed by atoms with Crippen LogP contribution in [-0.2, 0) is 6.42 Å². The number of benzene rings is 2. The number of furan rings is 1. The van der Waals surface area contributed by atoms with Crippen LogP contribution in [0.2, 0.25) is 58.9 Å². The van der Waals surface area contributed by atoms with Gasteiger partial charge in [0.05, 0.1) is 12.3 Å². The lowest BCUT2D eigenvalue weighted by Crippen LogP contribution is -2.88. The van der Waals surface area contributed by atoms with Crippen LogP contribution >= 0.6 is 0 Å². The Bertz CT molecular complexity index is 1360. The number of para-hydroxylation sites is 2. The third kappa shape index (κ3) is 4.34. The van der Waals surface area contributed by atoms with Crippen molar-refractivity contribution in [3.8, 4) is 11.3 Å². The summed E-state index contributed by atoms with van der Waals surface area (Å²) in [6.07, 6.45) is 3.49. The van der Waals surface area contributed by atoms with Gasteiger partial charge < -0.3 is 4.42 Å². The van der Waals surface area contributed by atoms with Crippen molar-refractivity contribution < 1.29 is 4.42 Å². The SMILES string of the molecule is CC(C)Cc1cc(-c2cccc3c2oc2ccccc23)ncc1[Si]([Si](C)(C)C)([Si](C)(C)C)[Si](C)(C)C. The van der Waals surface area contributed by atoms with E-state index in [-0.39, 0.29) is 0 Å². The first-order valence-corrected chi connectivity index (χ1v) is 29.0. The van der Waals surface area contributed by atoms with E-state index in [2.05, 4.69) is 121 Å². The first-order chi connectivity index (χ1) is 16.6. The van der Waals surface area contributed by atoms with E-state index in [9.17, 15) is 0 Å². The smallest absolute Gasteiger partial charge is 0.144 e. The zero-order valence-electron chi connectivity index (χ0n) is 24.3. The molecular formula is C30H45NOSi4. The highest BCUT2D eigenvalue weighted by atomic mass is 29.9. The number of hydrogen-bond acceptors (Lipinski definition) is 2. The van der Waals surface area contributed by atoms with Gasteiger partial charge in [0, 0.05) is 45.3 Å². The lowest BCUT2D eigenvalue weighted by atomic mass is 10.0. The third-order valence-electron chi connectivity index (χ3n) is 8.08. The normalized spacial score (nSPS) is 13.8. The Labute approximate surface area is 221 Å². The monoisotopic (exact) mass is 547 g/mol. The van der Waals surface area contributed by atoms with Crippen molar-refractivity contribution in [2.24, 2.45) is 5.92 Å². The highest BCUT2D eigenvalue weighted by Gasteiger charge is 2.63. The van der Waals surface area contributed by atoms with Crippen molar-refractivity contribution in [1.82, 2.24) is 4.98 Å². The number of pyridine rings is 1. The molecule has 0 amide bonds. The molecule has 0 aliphatic rings. The fraction of sp³-hybridized carbons (Fsp3) is 0.433. The minimum Gasteiger partial charge on any atom is -0.455 e. The van der Waals surface area contributed by atoms with Crippen molar-refractivity contribution in [3.63, 3.8) is 0 Å². The van der Waals surface area contributed by atoms with Gasteiger partial charge in [0.1, 0.15) is 11.2 Å². The van der Waals surface area contributed by atoms with E-state index in [1.54, 1.807) is 10.8 Å². The fourth-order valence-corrected chi connectivity index (χ4v) is 109. The number of fused-ring (bicyclic) bond motifs is 3. The summed E-state index contributed by atoms with van der Waals surface area (Å²) in [4.78, 5) is 5.29. The molecule has 0 fully saturated rings. The highest BCUT2D eigenvalue weighted by Crippen LogP contribution is 2.39. The van der Waals surface area contributed by atoms with Crippen LogP contribution < -0.4 is 5.19 Å². The Hall–Kier alpha value is -1.74. The molecule has 192 valence electrons. The van der Waals surface area contributed by atoms with Crippen LogP contribution in [0.25, 0.3) is 33.2 Å². The summed E-state index contributed by atoms with van der Waals surface area (Å²) < 4.78 is 6.41. The molecule has 2 heterocycles. The summed E-state index contributed by atoms with van der Waals surface area (Å²) in [6, 6.07) is 17.3. The highest BCUT2D eigenvalue weighted by molar-refractivity contribution is 7.92. The average Bonchev–Trinajstić information content (AvgIpc) is 3.10. The van der Waals surface area contributed by atoms with Crippen LogP contribution in [0.1, 0.15) is 19.4 Å². The molecule has 0 saturated heterocycles. The Kier molecular flexibility index (Phi) is 6.99. The second kappa shape index (κ2) is 9.22. The van der Waals surface area contributed by atoms with E-state index in [0.717, 1.165) is 28.8 Å². The van der Waals surface area contributed by atoms with Crippen LogP contribution in [-0.4, -0.2) is 34.4 Å². The van der Waals surface area contributed by atoms with Gasteiger partial charge in [-0.25, -0.2) is 0 Å². The number of nitrogens with zero attached hydrogens (tertiary/aromatic N) is 1. The maximum Gasteiger partial charge on any atom is 0.144 e. The van der Waals surface area contributed by atoms with Crippen molar-refractivity contribution >= 4 is 56.5 Å². The van der Waals surface area contributed by atoms with Gasteiger partial charge in [0.25, 0.3) is 0 Å². The summed E-state index contributed by atoms with van der Waals surface area (Å²) in [5, 5.41) is 4.07. The summed E-state index contributed by atoms with van der Waals surface area (Å²) >= 11 is 0. The molecule has 0 N–H and O–H groups in total. The van der Waals surface area contributed by atoms with E-state index in [1.165, 1.54) is 10.8 Å². The Morgan fingerprint density at radius 1 is 0.750 bits per heavy atom. The molecule has 0 spiro atoms. The van der Waals surface area contributed by atoms with E-state index < -0.39 is 29.4 Å². The predicted octanol–water partition coefficient (Wildman–Crippen LogP) is 8.75. The standard InChI is InChI=1S/C30H45NOSi4/c1-22(2)19-23-20-27(26-17-14-16-25-24-15-12-13-18-28(24)32-30(25)26)31-21-29(23)36(33(3,4)5,34(6,7)8)35(9,10)11/h12-18,20-22H,19H2,1-11H3. The molecule has 2 aromatic carbocycles. The number of rotatable bonds is 7. The predicted molar refractivity (Wildman–Crippen MR) is 171 cm³/mol. The third-order valence-corrected chi connectivity index (χ3v) is 79.3. The lowest BCUT2D eigenvalue weighted by Gasteiger charge is -2.58. The largest absolute Gasteiger partial charge is 0.455 e. The second-order valence-corrected chi connectivity index (χ2v) is 54.4. The maximum atomic E-state index is 6.41. The maximum absolute atomic E-state index is 6.41. The molecule has 4 rings (SSSR count). The van der Waals surface area contributed by atoms with Crippen LogP contribution in [0.15, 0.2) is 59.1 Å². The van der Waals surface area contributed by atoms with Gasteiger partial charge in [-0.3, -0.25) is 4.98 Å². The fourth-order valence-electron chi connectivity index (χ4n) is 8.13. The number of aromatic nitrogens is 1.